The summed E-state index contributed by atoms with van der Waals surface area (Å²) in [4.78, 5) is 0. The van der Waals surface area contributed by atoms with E-state index in [0.717, 1.165) is 5.69 Å². The molecule has 0 radical (unpaired) electrons. The first-order valence-electron chi connectivity index (χ1n) is 4.64. The number of hydrogen-bond acceptors (Lipinski definition) is 3. The van der Waals surface area contributed by atoms with Crippen LogP contribution < -0.4 is 16.2 Å². The Bertz CT molecular complexity index is 488. The van der Waals surface area contributed by atoms with Gasteiger partial charge in [-0.1, -0.05) is 24.3 Å². The molecular weight excluding hydrogens is 174 g/mol. The maximum absolute atomic E-state index is 5.88. The van der Waals surface area contributed by atoms with Crippen LogP contribution in [0.2, 0.25) is 0 Å². The van der Waals surface area contributed by atoms with Gasteiger partial charge in [0.1, 0.15) is 6.67 Å². The van der Waals surface area contributed by atoms with Crippen molar-refractivity contribution in [1.82, 2.24) is 0 Å². The molecule has 0 saturated carbocycles. The minimum atomic E-state index is 0.663. The first-order chi connectivity index (χ1) is 6.86. The first kappa shape index (κ1) is 7.64. The van der Waals surface area contributed by atoms with Gasteiger partial charge in [-0.3, -0.25) is 5.01 Å². The predicted molar refractivity (Wildman–Crippen MR) is 59.1 cm³/mol. The van der Waals surface area contributed by atoms with Crippen molar-refractivity contribution in [2.75, 3.05) is 17.0 Å². The molecule has 0 unspecified atom stereocenters. The lowest BCUT2D eigenvalue weighted by molar-refractivity contribution is 0.897. The quantitative estimate of drug-likeness (QED) is 0.616. The van der Waals surface area contributed by atoms with E-state index in [-0.39, 0.29) is 0 Å². The molecule has 2 aromatic rings. The molecule has 0 spiro atoms. The van der Waals surface area contributed by atoms with E-state index in [0.29, 0.717) is 6.67 Å². The highest BCUT2D eigenvalue weighted by Crippen LogP contribution is 2.34. The number of hydrazine groups is 1. The number of nitrogens with zero attached hydrogens (tertiary/aromatic N) is 1. The topological polar surface area (TPSA) is 41.3 Å². The van der Waals surface area contributed by atoms with Crippen LogP contribution in [0, 0.1) is 0 Å². The molecule has 3 heteroatoms. The van der Waals surface area contributed by atoms with Gasteiger partial charge < -0.3 is 5.32 Å². The Labute approximate surface area is 82.1 Å². The van der Waals surface area contributed by atoms with Crippen molar-refractivity contribution in [1.29, 1.82) is 0 Å². The molecule has 0 amide bonds. The third kappa shape index (κ3) is 0.900. The maximum atomic E-state index is 5.88. The third-order valence-corrected chi connectivity index (χ3v) is 2.63. The zero-order chi connectivity index (χ0) is 9.54. The van der Waals surface area contributed by atoms with Gasteiger partial charge in [0.25, 0.3) is 0 Å². The van der Waals surface area contributed by atoms with Crippen LogP contribution >= 0.6 is 0 Å². The molecular formula is C11H11N3. The summed E-state index contributed by atoms with van der Waals surface area (Å²) in [7, 11) is 0. The fourth-order valence-electron chi connectivity index (χ4n) is 1.96. The van der Waals surface area contributed by atoms with E-state index < -0.39 is 0 Å². The summed E-state index contributed by atoms with van der Waals surface area (Å²) in [5, 5.41) is 7.45. The molecule has 2 aromatic carbocycles. The van der Waals surface area contributed by atoms with Crippen LogP contribution in [0.4, 0.5) is 11.4 Å². The predicted octanol–water partition coefficient (Wildman–Crippen LogP) is 1.90. The van der Waals surface area contributed by atoms with Gasteiger partial charge in [0.15, 0.2) is 0 Å². The minimum Gasteiger partial charge on any atom is -0.366 e. The van der Waals surface area contributed by atoms with Gasteiger partial charge in [-0.15, -0.1) is 0 Å². The second-order valence-corrected chi connectivity index (χ2v) is 3.49. The molecule has 0 bridgehead atoms. The summed E-state index contributed by atoms with van der Waals surface area (Å²) in [5.74, 6) is 5.88. The Morgan fingerprint density at radius 3 is 2.79 bits per heavy atom. The standard InChI is InChI=1S/C11H11N3/c12-14-7-13-9-5-1-3-8-4-2-6-10(14)11(8)9/h1-6,13H,7,12H2. The summed E-state index contributed by atoms with van der Waals surface area (Å²) in [6, 6.07) is 12.4. The van der Waals surface area contributed by atoms with Crippen molar-refractivity contribution in [2.24, 2.45) is 5.84 Å². The largest absolute Gasteiger partial charge is 0.366 e. The molecule has 0 aromatic heterocycles. The summed E-state index contributed by atoms with van der Waals surface area (Å²) < 4.78 is 0. The van der Waals surface area contributed by atoms with Gasteiger partial charge in [0.2, 0.25) is 0 Å². The summed E-state index contributed by atoms with van der Waals surface area (Å²) >= 11 is 0. The minimum absolute atomic E-state index is 0.663. The highest BCUT2D eigenvalue weighted by molar-refractivity contribution is 6.04. The van der Waals surface area contributed by atoms with E-state index in [1.807, 2.05) is 12.1 Å². The second-order valence-electron chi connectivity index (χ2n) is 3.49. The van der Waals surface area contributed by atoms with Gasteiger partial charge >= 0.3 is 0 Å². The normalized spacial score (nSPS) is 14.2. The Hall–Kier alpha value is -1.74. The van der Waals surface area contributed by atoms with Gasteiger partial charge in [-0.2, -0.15) is 0 Å². The van der Waals surface area contributed by atoms with Crippen molar-refractivity contribution in [3.05, 3.63) is 36.4 Å². The molecule has 70 valence electrons. The molecule has 1 heterocycles. The zero-order valence-corrected chi connectivity index (χ0v) is 7.70. The van der Waals surface area contributed by atoms with Crippen molar-refractivity contribution >= 4 is 22.1 Å². The molecule has 0 aliphatic carbocycles. The zero-order valence-electron chi connectivity index (χ0n) is 7.70. The molecule has 0 fully saturated rings. The van der Waals surface area contributed by atoms with Crippen LogP contribution in [-0.4, -0.2) is 6.67 Å². The van der Waals surface area contributed by atoms with E-state index in [1.165, 1.54) is 16.5 Å². The lowest BCUT2D eigenvalue weighted by atomic mass is 10.1. The number of nitrogens with one attached hydrogen (secondary N) is 1. The van der Waals surface area contributed by atoms with E-state index in [1.54, 1.807) is 5.01 Å². The van der Waals surface area contributed by atoms with Crippen LogP contribution in [0.3, 0.4) is 0 Å². The van der Waals surface area contributed by atoms with Crippen LogP contribution in [0.15, 0.2) is 36.4 Å². The number of nitrogens with two attached hydrogens (primary N) is 1. The SMILES string of the molecule is NN1CNc2cccc3cccc1c23. The highest BCUT2D eigenvalue weighted by atomic mass is 15.4. The number of hydrogen-bond donors (Lipinski definition) is 2. The van der Waals surface area contributed by atoms with E-state index in [2.05, 4.69) is 29.6 Å². The Balaban J connectivity index is 2.46. The molecule has 3 rings (SSSR count). The summed E-state index contributed by atoms with van der Waals surface area (Å²) in [6.07, 6.45) is 0. The molecule has 3 N–H and O–H groups in total. The molecule has 14 heavy (non-hydrogen) atoms. The van der Waals surface area contributed by atoms with Crippen molar-refractivity contribution in [3.8, 4) is 0 Å². The van der Waals surface area contributed by atoms with E-state index in [4.69, 9.17) is 5.84 Å². The van der Waals surface area contributed by atoms with Crippen molar-refractivity contribution in [2.45, 2.75) is 0 Å². The average molecular weight is 185 g/mol. The number of rotatable bonds is 0. The molecule has 1 aliphatic heterocycles. The second kappa shape index (κ2) is 2.62. The number of anilines is 2. The fraction of sp³-hybridized carbons (Fsp3) is 0.0909. The number of benzene rings is 2. The monoisotopic (exact) mass is 185 g/mol. The molecule has 0 saturated heterocycles. The first-order valence-corrected chi connectivity index (χ1v) is 4.64. The lowest BCUT2D eigenvalue weighted by Crippen LogP contribution is -2.38. The van der Waals surface area contributed by atoms with E-state index in [9.17, 15) is 0 Å². The highest BCUT2D eigenvalue weighted by Gasteiger charge is 2.14. The Kier molecular flexibility index (Phi) is 1.43. The van der Waals surface area contributed by atoms with Gasteiger partial charge in [0, 0.05) is 11.1 Å². The third-order valence-electron chi connectivity index (χ3n) is 2.63. The Morgan fingerprint density at radius 2 is 1.93 bits per heavy atom. The van der Waals surface area contributed by atoms with E-state index >= 15 is 0 Å². The lowest BCUT2D eigenvalue weighted by Gasteiger charge is -2.27. The van der Waals surface area contributed by atoms with Crippen LogP contribution in [0.5, 0.6) is 0 Å². The fourth-order valence-corrected chi connectivity index (χ4v) is 1.96. The van der Waals surface area contributed by atoms with Crippen molar-refractivity contribution < 1.29 is 0 Å². The van der Waals surface area contributed by atoms with Crippen LogP contribution in [-0.2, 0) is 0 Å². The van der Waals surface area contributed by atoms with Crippen LogP contribution in [0.1, 0.15) is 0 Å². The Morgan fingerprint density at radius 1 is 1.14 bits per heavy atom. The summed E-state index contributed by atoms with van der Waals surface area (Å²) in [6.45, 7) is 0.663. The average Bonchev–Trinajstić information content (AvgIpc) is 2.24. The van der Waals surface area contributed by atoms with Crippen molar-refractivity contribution in [3.63, 3.8) is 0 Å². The summed E-state index contributed by atoms with van der Waals surface area (Å²) in [5.41, 5.74) is 2.26. The maximum Gasteiger partial charge on any atom is 0.103 e. The smallest absolute Gasteiger partial charge is 0.103 e. The van der Waals surface area contributed by atoms with Crippen LogP contribution in [0.25, 0.3) is 10.8 Å². The van der Waals surface area contributed by atoms with Gasteiger partial charge in [0.05, 0.1) is 5.69 Å². The molecule has 1 aliphatic rings. The van der Waals surface area contributed by atoms with Gasteiger partial charge in [-0.25, -0.2) is 5.84 Å². The van der Waals surface area contributed by atoms with Gasteiger partial charge in [-0.05, 0) is 17.5 Å². The molecule has 3 nitrogen and oxygen atoms in total. The molecule has 0 atom stereocenters.